The summed E-state index contributed by atoms with van der Waals surface area (Å²) in [6.07, 6.45) is 6.41. The number of rotatable bonds is 9. The Morgan fingerprint density at radius 2 is 1.91 bits per heavy atom. The number of carbonyl (C=O) groups is 3. The topological polar surface area (TPSA) is 108 Å². The molecule has 176 valence electrons. The van der Waals surface area contributed by atoms with Crippen LogP contribution in [-0.2, 0) is 14.3 Å². The van der Waals surface area contributed by atoms with Crippen LogP contribution in [0.2, 0.25) is 0 Å². The van der Waals surface area contributed by atoms with Gasteiger partial charge >= 0.3 is 6.09 Å². The minimum absolute atomic E-state index is 0.122. The molecule has 0 spiro atoms. The van der Waals surface area contributed by atoms with Gasteiger partial charge in [-0.25, -0.2) is 4.79 Å². The summed E-state index contributed by atoms with van der Waals surface area (Å²) in [5.74, 6) is -1.25. The lowest BCUT2D eigenvalue weighted by Crippen LogP contribution is -2.53. The number of amides is 3. The number of nitrogens with one attached hydrogen (secondary N) is 2. The van der Waals surface area contributed by atoms with E-state index >= 15 is 0 Å². The van der Waals surface area contributed by atoms with Gasteiger partial charge < -0.3 is 20.5 Å². The van der Waals surface area contributed by atoms with Crippen LogP contribution < -0.4 is 10.6 Å². The molecule has 3 amide bonds. The fourth-order valence-electron chi connectivity index (χ4n) is 3.15. The second-order valence-electron chi connectivity index (χ2n) is 8.73. The maximum absolute atomic E-state index is 13.2. The quantitative estimate of drug-likeness (QED) is 0.400. The highest BCUT2D eigenvalue weighted by atomic mass is 16.6. The number of aryl methyl sites for hydroxylation is 1. The van der Waals surface area contributed by atoms with Gasteiger partial charge in [0.2, 0.25) is 5.91 Å². The lowest BCUT2D eigenvalue weighted by molar-refractivity contribution is -0.139. The first-order valence-electron chi connectivity index (χ1n) is 10.7. The van der Waals surface area contributed by atoms with Crippen LogP contribution in [0.25, 0.3) is 0 Å². The van der Waals surface area contributed by atoms with Crippen LogP contribution in [0.5, 0.6) is 0 Å². The highest BCUT2D eigenvalue weighted by Crippen LogP contribution is 2.23. The van der Waals surface area contributed by atoms with E-state index in [0.717, 1.165) is 23.3 Å². The van der Waals surface area contributed by atoms with Gasteiger partial charge in [0, 0.05) is 12.1 Å². The number of nitrogens with zero attached hydrogens (tertiary/aromatic N) is 1. The molecule has 0 aliphatic heterocycles. The predicted molar refractivity (Wildman–Crippen MR) is 122 cm³/mol. The third kappa shape index (κ3) is 8.23. The molecule has 8 heteroatoms. The molecule has 1 aromatic carbocycles. The van der Waals surface area contributed by atoms with Crippen molar-refractivity contribution in [3.8, 4) is 12.5 Å². The molecule has 0 radical (unpaired) electrons. The van der Waals surface area contributed by atoms with E-state index in [1.54, 1.807) is 39.0 Å². The third-order valence-corrected chi connectivity index (χ3v) is 4.52. The number of benzene rings is 1. The number of alkyl carbamates (subject to hydrolysis) is 1. The SMILES string of the molecule is C#CN(C(=O)C(CO)NC(=O)OC(C)(C)C)C(C(=O)NC(C)CCC)c1cccc(C)c1. The van der Waals surface area contributed by atoms with E-state index in [1.807, 2.05) is 26.8 Å². The van der Waals surface area contributed by atoms with Gasteiger partial charge in [-0.15, -0.1) is 0 Å². The first-order chi connectivity index (χ1) is 14.9. The molecule has 3 atom stereocenters. The zero-order valence-corrected chi connectivity index (χ0v) is 19.8. The molecule has 0 saturated heterocycles. The van der Waals surface area contributed by atoms with E-state index in [2.05, 4.69) is 16.7 Å². The van der Waals surface area contributed by atoms with Crippen molar-refractivity contribution in [3.05, 3.63) is 35.4 Å². The predicted octanol–water partition coefficient (Wildman–Crippen LogP) is 2.65. The molecule has 0 heterocycles. The van der Waals surface area contributed by atoms with Gasteiger partial charge in [0.05, 0.1) is 6.61 Å². The van der Waals surface area contributed by atoms with Crippen molar-refractivity contribution in [1.82, 2.24) is 15.5 Å². The highest BCUT2D eigenvalue weighted by molar-refractivity contribution is 5.93. The zero-order valence-electron chi connectivity index (χ0n) is 19.8. The summed E-state index contributed by atoms with van der Waals surface area (Å²) < 4.78 is 5.16. The van der Waals surface area contributed by atoms with E-state index < -0.39 is 42.2 Å². The zero-order chi connectivity index (χ0) is 24.5. The molecule has 0 aromatic heterocycles. The Balaban J connectivity index is 3.26. The van der Waals surface area contributed by atoms with Crippen LogP contribution in [0.1, 0.15) is 64.6 Å². The Bertz CT molecular complexity index is 841. The van der Waals surface area contributed by atoms with E-state index in [1.165, 1.54) is 0 Å². The lowest BCUT2D eigenvalue weighted by Gasteiger charge is -2.30. The van der Waals surface area contributed by atoms with E-state index in [9.17, 15) is 19.5 Å². The number of carbonyl (C=O) groups excluding carboxylic acids is 3. The van der Waals surface area contributed by atoms with Crippen molar-refractivity contribution >= 4 is 17.9 Å². The van der Waals surface area contributed by atoms with Gasteiger partial charge in [-0.2, -0.15) is 0 Å². The summed E-state index contributed by atoms with van der Waals surface area (Å²) >= 11 is 0. The van der Waals surface area contributed by atoms with E-state index in [0.29, 0.717) is 5.56 Å². The number of ether oxygens (including phenoxy) is 1. The number of aliphatic hydroxyl groups is 1. The van der Waals surface area contributed by atoms with Crippen molar-refractivity contribution < 1.29 is 24.2 Å². The van der Waals surface area contributed by atoms with Gasteiger partial charge in [0.1, 0.15) is 17.7 Å². The Labute approximate surface area is 190 Å². The second kappa shape index (κ2) is 12.1. The molecular formula is C24H35N3O5. The number of hydrogen-bond acceptors (Lipinski definition) is 5. The van der Waals surface area contributed by atoms with E-state index in [-0.39, 0.29) is 6.04 Å². The maximum Gasteiger partial charge on any atom is 0.408 e. The Morgan fingerprint density at radius 3 is 2.41 bits per heavy atom. The molecule has 0 aliphatic rings. The van der Waals surface area contributed by atoms with Crippen molar-refractivity contribution in [2.45, 2.75) is 78.1 Å². The monoisotopic (exact) mass is 445 g/mol. The molecule has 0 fully saturated rings. The molecule has 1 aromatic rings. The summed E-state index contributed by atoms with van der Waals surface area (Å²) in [6.45, 7) is 10.0. The molecule has 32 heavy (non-hydrogen) atoms. The minimum Gasteiger partial charge on any atom is -0.444 e. The standard InChI is InChI=1S/C24H35N3O5/c1-8-11-17(4)25-21(29)20(18-13-10-12-16(3)14-18)27(9-2)22(30)19(15-28)26-23(31)32-24(5,6)7/h2,10,12-14,17,19-20,28H,8,11,15H2,1,3-7H3,(H,25,29)(H,26,31). The van der Waals surface area contributed by atoms with Gasteiger partial charge in [0.25, 0.3) is 5.91 Å². The molecule has 0 aliphatic carbocycles. The summed E-state index contributed by atoms with van der Waals surface area (Å²) in [7, 11) is 0. The van der Waals surface area contributed by atoms with Gasteiger partial charge in [-0.05, 0) is 46.6 Å². The molecule has 3 unspecified atom stereocenters. The Kier molecular flexibility index (Phi) is 10.2. The summed E-state index contributed by atoms with van der Waals surface area (Å²) in [4.78, 5) is 39.4. The highest BCUT2D eigenvalue weighted by Gasteiger charge is 2.36. The summed E-state index contributed by atoms with van der Waals surface area (Å²) in [5, 5.41) is 15.0. The average molecular weight is 446 g/mol. The largest absolute Gasteiger partial charge is 0.444 e. The fourth-order valence-corrected chi connectivity index (χ4v) is 3.15. The number of aliphatic hydroxyl groups excluding tert-OH is 1. The molecule has 3 N–H and O–H groups in total. The molecule has 0 bridgehead atoms. The van der Waals surface area contributed by atoms with Gasteiger partial charge in [0.15, 0.2) is 0 Å². The molecule has 1 rings (SSSR count). The van der Waals surface area contributed by atoms with Crippen LogP contribution in [0.3, 0.4) is 0 Å². The lowest BCUT2D eigenvalue weighted by atomic mass is 10.0. The number of terminal acetylenes is 1. The van der Waals surface area contributed by atoms with Gasteiger partial charge in [-0.3, -0.25) is 14.5 Å². The average Bonchev–Trinajstić information content (AvgIpc) is 2.68. The Morgan fingerprint density at radius 1 is 1.25 bits per heavy atom. The number of hydrogen-bond donors (Lipinski definition) is 3. The van der Waals surface area contributed by atoms with Crippen LogP contribution >= 0.6 is 0 Å². The first-order valence-corrected chi connectivity index (χ1v) is 10.7. The second-order valence-corrected chi connectivity index (χ2v) is 8.73. The van der Waals surface area contributed by atoms with Gasteiger partial charge in [-0.1, -0.05) is 49.6 Å². The summed E-state index contributed by atoms with van der Waals surface area (Å²) in [6, 6.07) is 6.72. The van der Waals surface area contributed by atoms with Crippen molar-refractivity contribution in [3.63, 3.8) is 0 Å². The normalized spacial score (nSPS) is 13.8. The molecular weight excluding hydrogens is 410 g/mol. The third-order valence-electron chi connectivity index (χ3n) is 4.52. The molecule has 0 saturated carbocycles. The minimum atomic E-state index is -1.38. The fraction of sp³-hybridized carbons (Fsp3) is 0.542. The van der Waals surface area contributed by atoms with Crippen molar-refractivity contribution in [2.75, 3.05) is 6.61 Å². The van der Waals surface area contributed by atoms with Crippen LogP contribution in [0, 0.1) is 19.4 Å². The van der Waals surface area contributed by atoms with Crippen LogP contribution in [0.15, 0.2) is 24.3 Å². The van der Waals surface area contributed by atoms with Crippen molar-refractivity contribution in [1.29, 1.82) is 0 Å². The molecule has 8 nitrogen and oxygen atoms in total. The first kappa shape index (κ1) is 27.0. The summed E-state index contributed by atoms with van der Waals surface area (Å²) in [5.41, 5.74) is 0.613. The smallest absolute Gasteiger partial charge is 0.408 e. The van der Waals surface area contributed by atoms with Crippen molar-refractivity contribution in [2.24, 2.45) is 0 Å². The maximum atomic E-state index is 13.2. The van der Waals surface area contributed by atoms with Crippen LogP contribution in [-0.4, -0.2) is 52.2 Å². The van der Waals surface area contributed by atoms with E-state index in [4.69, 9.17) is 11.2 Å². The van der Waals surface area contributed by atoms with Crippen LogP contribution in [0.4, 0.5) is 4.79 Å². The Hall–Kier alpha value is -3.05.